The average molecular weight is 605 g/mol. The fraction of sp³-hybridized carbons (Fsp3) is 0.429. The van der Waals surface area contributed by atoms with Gasteiger partial charge in [0.2, 0.25) is 10.0 Å². The SMILES string of the molecule is COc1ccc(N2CCN(C(=O)c3csc(C4CCN(S(=O)(=O)c5ccc(C)c(Cl)c5)CC4)n3)CC2)c(OC)c1. The van der Waals surface area contributed by atoms with Crippen LogP contribution in [0.2, 0.25) is 5.02 Å². The maximum atomic E-state index is 13.2. The summed E-state index contributed by atoms with van der Waals surface area (Å²) in [6, 6.07) is 10.6. The highest BCUT2D eigenvalue weighted by atomic mass is 35.5. The largest absolute Gasteiger partial charge is 0.497 e. The molecule has 0 atom stereocenters. The number of rotatable bonds is 7. The molecule has 5 rings (SSSR count). The van der Waals surface area contributed by atoms with Gasteiger partial charge in [-0.3, -0.25) is 4.79 Å². The van der Waals surface area contributed by atoms with Gasteiger partial charge in [-0.25, -0.2) is 13.4 Å². The van der Waals surface area contributed by atoms with Gasteiger partial charge in [0.1, 0.15) is 17.2 Å². The molecule has 2 aliphatic heterocycles. The molecule has 0 aliphatic carbocycles. The zero-order chi connectivity index (χ0) is 28.4. The van der Waals surface area contributed by atoms with Gasteiger partial charge >= 0.3 is 0 Å². The monoisotopic (exact) mass is 604 g/mol. The molecule has 0 saturated carbocycles. The zero-order valence-corrected chi connectivity index (χ0v) is 25.2. The lowest BCUT2D eigenvalue weighted by Crippen LogP contribution is -2.49. The number of ether oxygens (including phenoxy) is 2. The molecule has 0 N–H and O–H groups in total. The van der Waals surface area contributed by atoms with Crippen LogP contribution in [0.25, 0.3) is 0 Å². The third kappa shape index (κ3) is 5.79. The highest BCUT2D eigenvalue weighted by Crippen LogP contribution is 2.35. The molecule has 1 amide bonds. The Balaban J connectivity index is 1.17. The molecular formula is C28H33ClN4O5S2. The van der Waals surface area contributed by atoms with Gasteiger partial charge in [-0.05, 0) is 49.6 Å². The number of piperazine rings is 1. The van der Waals surface area contributed by atoms with Gasteiger partial charge in [0.25, 0.3) is 5.91 Å². The first-order valence-electron chi connectivity index (χ1n) is 13.2. The summed E-state index contributed by atoms with van der Waals surface area (Å²) in [7, 11) is -0.345. The van der Waals surface area contributed by atoms with E-state index < -0.39 is 10.0 Å². The van der Waals surface area contributed by atoms with Gasteiger partial charge in [-0.15, -0.1) is 11.3 Å². The van der Waals surface area contributed by atoms with Crippen molar-refractivity contribution >= 4 is 44.6 Å². The number of hydrogen-bond donors (Lipinski definition) is 0. The number of amides is 1. The molecule has 40 heavy (non-hydrogen) atoms. The number of aromatic nitrogens is 1. The van der Waals surface area contributed by atoms with Crippen LogP contribution in [0.15, 0.2) is 46.7 Å². The highest BCUT2D eigenvalue weighted by Gasteiger charge is 2.32. The van der Waals surface area contributed by atoms with Crippen LogP contribution in [0.1, 0.15) is 39.8 Å². The van der Waals surface area contributed by atoms with Crippen molar-refractivity contribution in [3.8, 4) is 11.5 Å². The van der Waals surface area contributed by atoms with Crippen LogP contribution in [-0.2, 0) is 10.0 Å². The van der Waals surface area contributed by atoms with E-state index in [0.717, 1.165) is 27.8 Å². The van der Waals surface area contributed by atoms with Crippen LogP contribution in [0.5, 0.6) is 11.5 Å². The number of halogens is 1. The number of benzene rings is 2. The second-order valence-electron chi connectivity index (χ2n) is 9.98. The lowest BCUT2D eigenvalue weighted by atomic mass is 9.99. The fourth-order valence-electron chi connectivity index (χ4n) is 5.16. The molecule has 0 unspecified atom stereocenters. The van der Waals surface area contributed by atoms with Crippen LogP contribution in [-0.4, -0.2) is 82.0 Å². The topological polar surface area (TPSA) is 92.3 Å². The second-order valence-corrected chi connectivity index (χ2v) is 13.2. The summed E-state index contributed by atoms with van der Waals surface area (Å²) >= 11 is 7.65. The molecule has 2 aliphatic rings. The molecule has 1 aromatic heterocycles. The lowest BCUT2D eigenvalue weighted by molar-refractivity contribution is 0.0741. The number of aryl methyl sites for hydroxylation is 1. The third-order valence-corrected chi connectivity index (χ3v) is 10.9. The molecule has 2 saturated heterocycles. The first kappa shape index (κ1) is 28.7. The van der Waals surface area contributed by atoms with E-state index in [0.29, 0.717) is 62.8 Å². The van der Waals surface area contributed by atoms with E-state index in [-0.39, 0.29) is 16.7 Å². The number of carbonyl (C=O) groups is 1. The van der Waals surface area contributed by atoms with Crippen LogP contribution in [0.3, 0.4) is 0 Å². The standard InChI is InChI=1S/C28H33ClN4O5S2/c1-19-4-6-22(17-23(19)29)40(35,36)33-10-8-20(9-11-33)27-30-24(18-39-27)28(34)32-14-12-31(13-15-32)25-7-5-21(37-2)16-26(25)38-3/h4-7,16-18,20H,8-15H2,1-3H3. The predicted octanol–water partition coefficient (Wildman–Crippen LogP) is 4.65. The van der Waals surface area contributed by atoms with Gasteiger partial charge in [0, 0.05) is 61.7 Å². The number of methoxy groups -OCH3 is 2. The van der Waals surface area contributed by atoms with Crippen molar-refractivity contribution in [2.45, 2.75) is 30.6 Å². The Hall–Kier alpha value is -2.86. The van der Waals surface area contributed by atoms with Crippen LogP contribution >= 0.6 is 22.9 Å². The number of piperidine rings is 1. The van der Waals surface area contributed by atoms with E-state index in [1.54, 1.807) is 26.4 Å². The molecule has 214 valence electrons. The summed E-state index contributed by atoms with van der Waals surface area (Å²) < 4.78 is 38.6. The molecule has 3 heterocycles. The Kier molecular flexibility index (Phi) is 8.55. The summed E-state index contributed by atoms with van der Waals surface area (Å²) in [4.78, 5) is 22.2. The Labute approximate surface area is 244 Å². The minimum atomic E-state index is -3.61. The highest BCUT2D eigenvalue weighted by molar-refractivity contribution is 7.89. The van der Waals surface area contributed by atoms with Gasteiger partial charge in [-0.2, -0.15) is 4.31 Å². The number of sulfonamides is 1. The lowest BCUT2D eigenvalue weighted by Gasteiger charge is -2.36. The van der Waals surface area contributed by atoms with Crippen molar-refractivity contribution in [1.82, 2.24) is 14.2 Å². The van der Waals surface area contributed by atoms with Crippen molar-refractivity contribution in [2.24, 2.45) is 0 Å². The molecule has 9 nitrogen and oxygen atoms in total. The minimum absolute atomic E-state index is 0.0693. The van der Waals surface area contributed by atoms with Crippen molar-refractivity contribution in [3.05, 3.63) is 63.1 Å². The Morgan fingerprint density at radius 1 is 1.00 bits per heavy atom. The normalized spacial score (nSPS) is 17.2. The summed E-state index contributed by atoms with van der Waals surface area (Å²) in [6.07, 6.45) is 1.31. The number of thiazole rings is 1. The van der Waals surface area contributed by atoms with Crippen molar-refractivity contribution in [3.63, 3.8) is 0 Å². The predicted molar refractivity (Wildman–Crippen MR) is 157 cm³/mol. The molecule has 0 radical (unpaired) electrons. The van der Waals surface area contributed by atoms with E-state index in [9.17, 15) is 13.2 Å². The summed E-state index contributed by atoms with van der Waals surface area (Å²) in [5.74, 6) is 1.53. The molecule has 2 fully saturated rings. The van der Waals surface area contributed by atoms with Gasteiger partial charge in [0.05, 0.1) is 29.8 Å². The van der Waals surface area contributed by atoms with Gasteiger partial charge in [-0.1, -0.05) is 17.7 Å². The summed E-state index contributed by atoms with van der Waals surface area (Å²) in [5.41, 5.74) is 2.28. The summed E-state index contributed by atoms with van der Waals surface area (Å²) in [6.45, 7) is 5.18. The molecule has 3 aromatic rings. The molecule has 0 bridgehead atoms. The average Bonchev–Trinajstić information content (AvgIpc) is 3.48. The van der Waals surface area contributed by atoms with E-state index in [2.05, 4.69) is 4.90 Å². The molecule has 2 aromatic carbocycles. The van der Waals surface area contributed by atoms with E-state index in [4.69, 9.17) is 26.1 Å². The van der Waals surface area contributed by atoms with Crippen molar-refractivity contribution in [2.75, 3.05) is 58.4 Å². The molecule has 12 heteroatoms. The Morgan fingerprint density at radius 3 is 2.38 bits per heavy atom. The maximum absolute atomic E-state index is 13.2. The minimum Gasteiger partial charge on any atom is -0.497 e. The molecular weight excluding hydrogens is 572 g/mol. The van der Waals surface area contributed by atoms with Crippen LogP contribution in [0, 0.1) is 6.92 Å². The van der Waals surface area contributed by atoms with E-state index in [1.165, 1.54) is 21.7 Å². The van der Waals surface area contributed by atoms with Crippen molar-refractivity contribution < 1.29 is 22.7 Å². The number of nitrogens with zero attached hydrogens (tertiary/aromatic N) is 4. The number of hydrogen-bond acceptors (Lipinski definition) is 8. The maximum Gasteiger partial charge on any atom is 0.273 e. The molecule has 0 spiro atoms. The number of carbonyl (C=O) groups excluding carboxylic acids is 1. The van der Waals surface area contributed by atoms with Gasteiger partial charge in [0.15, 0.2) is 0 Å². The Morgan fingerprint density at radius 2 is 1.73 bits per heavy atom. The van der Waals surface area contributed by atoms with Crippen LogP contribution < -0.4 is 14.4 Å². The first-order valence-corrected chi connectivity index (χ1v) is 15.9. The Bertz CT molecular complexity index is 1480. The van der Waals surface area contributed by atoms with E-state index >= 15 is 0 Å². The van der Waals surface area contributed by atoms with Crippen LogP contribution in [0.4, 0.5) is 5.69 Å². The second kappa shape index (κ2) is 11.9. The van der Waals surface area contributed by atoms with Gasteiger partial charge < -0.3 is 19.3 Å². The third-order valence-electron chi connectivity index (χ3n) is 7.62. The zero-order valence-electron chi connectivity index (χ0n) is 22.8. The van der Waals surface area contributed by atoms with E-state index in [1.807, 2.05) is 35.4 Å². The smallest absolute Gasteiger partial charge is 0.273 e. The first-order chi connectivity index (χ1) is 19.2. The van der Waals surface area contributed by atoms with Crippen molar-refractivity contribution in [1.29, 1.82) is 0 Å². The summed E-state index contributed by atoms with van der Waals surface area (Å²) in [5, 5.41) is 3.16. The quantitative estimate of drug-likeness (QED) is 0.387. The number of anilines is 1. The fourth-order valence-corrected chi connectivity index (χ4v) is 7.86.